The first-order valence-corrected chi connectivity index (χ1v) is 8.63. The summed E-state index contributed by atoms with van der Waals surface area (Å²) in [6, 6.07) is 0. The van der Waals surface area contributed by atoms with E-state index in [4.69, 9.17) is 0 Å². The van der Waals surface area contributed by atoms with Crippen molar-refractivity contribution >= 4 is 16.7 Å². The third-order valence-corrected chi connectivity index (χ3v) is 5.21. The van der Waals surface area contributed by atoms with Gasteiger partial charge in [0, 0.05) is 50.7 Å². The van der Waals surface area contributed by atoms with Gasteiger partial charge in [-0.05, 0) is 31.8 Å². The summed E-state index contributed by atoms with van der Waals surface area (Å²) in [6.45, 7) is 10.3. The molecule has 112 valence electrons. The van der Waals surface area contributed by atoms with Crippen LogP contribution in [0, 0.1) is 5.92 Å². The average Bonchev–Trinajstić information content (AvgIpc) is 2.98. The molecule has 1 aromatic heterocycles. The molecule has 3 rings (SSSR count). The first-order chi connectivity index (χ1) is 9.85. The van der Waals surface area contributed by atoms with E-state index in [9.17, 15) is 0 Å². The van der Waals surface area contributed by atoms with Gasteiger partial charge in [-0.3, -0.25) is 4.90 Å². The molecular formula is C14H25N5S. The van der Waals surface area contributed by atoms with Crippen LogP contribution < -0.4 is 10.2 Å². The number of nitrogens with one attached hydrogen (secondary N) is 1. The van der Waals surface area contributed by atoms with Gasteiger partial charge >= 0.3 is 0 Å². The van der Waals surface area contributed by atoms with Gasteiger partial charge < -0.3 is 10.2 Å². The molecule has 1 aromatic rings. The highest BCUT2D eigenvalue weighted by Gasteiger charge is 2.22. The predicted octanol–water partition coefficient (Wildman–Crippen LogP) is 1.22. The van der Waals surface area contributed by atoms with E-state index in [1.807, 2.05) is 0 Å². The van der Waals surface area contributed by atoms with Crippen LogP contribution in [0.2, 0.25) is 0 Å². The number of nitrogens with zero attached hydrogens (tertiary/aromatic N) is 4. The molecule has 0 amide bonds. The first kappa shape index (κ1) is 14.2. The Kier molecular flexibility index (Phi) is 4.86. The molecule has 0 atom stereocenters. The van der Waals surface area contributed by atoms with Gasteiger partial charge in [-0.15, -0.1) is 0 Å². The van der Waals surface area contributed by atoms with E-state index in [1.165, 1.54) is 45.6 Å². The lowest BCUT2D eigenvalue weighted by Crippen LogP contribution is -2.48. The quantitative estimate of drug-likeness (QED) is 0.905. The summed E-state index contributed by atoms with van der Waals surface area (Å²) in [5.74, 6) is 1.89. The van der Waals surface area contributed by atoms with Crippen molar-refractivity contribution in [3.63, 3.8) is 0 Å². The minimum absolute atomic E-state index is 0.899. The molecule has 2 saturated heterocycles. The lowest BCUT2D eigenvalue weighted by molar-refractivity contribution is 0.196. The molecule has 2 aliphatic heterocycles. The molecule has 0 saturated carbocycles. The Labute approximate surface area is 125 Å². The number of rotatable bonds is 4. The Balaban J connectivity index is 1.46. The van der Waals surface area contributed by atoms with Gasteiger partial charge in [0.1, 0.15) is 5.82 Å². The van der Waals surface area contributed by atoms with Gasteiger partial charge in [0.2, 0.25) is 5.13 Å². The zero-order valence-electron chi connectivity index (χ0n) is 12.3. The monoisotopic (exact) mass is 295 g/mol. The van der Waals surface area contributed by atoms with Gasteiger partial charge in [-0.2, -0.15) is 4.37 Å². The van der Waals surface area contributed by atoms with Gasteiger partial charge in [0.05, 0.1) is 0 Å². The normalized spacial score (nSPS) is 22.4. The molecule has 5 nitrogen and oxygen atoms in total. The van der Waals surface area contributed by atoms with Crippen molar-refractivity contribution in [2.45, 2.75) is 26.2 Å². The Hall–Kier alpha value is -0.720. The van der Waals surface area contributed by atoms with Crippen LogP contribution in [0.15, 0.2) is 0 Å². The highest BCUT2D eigenvalue weighted by Crippen LogP contribution is 2.20. The Morgan fingerprint density at radius 1 is 1.20 bits per heavy atom. The molecule has 1 N–H and O–H groups in total. The number of hydrogen-bond donors (Lipinski definition) is 1. The first-order valence-electron chi connectivity index (χ1n) is 7.85. The van der Waals surface area contributed by atoms with Crippen molar-refractivity contribution in [2.75, 3.05) is 50.7 Å². The average molecular weight is 295 g/mol. The third kappa shape index (κ3) is 3.48. The van der Waals surface area contributed by atoms with Crippen LogP contribution in [0.4, 0.5) is 5.13 Å². The van der Waals surface area contributed by atoms with E-state index in [0.29, 0.717) is 0 Å². The Morgan fingerprint density at radius 2 is 1.95 bits per heavy atom. The second-order valence-corrected chi connectivity index (χ2v) is 6.56. The van der Waals surface area contributed by atoms with Crippen LogP contribution in [0.1, 0.15) is 25.6 Å². The maximum Gasteiger partial charge on any atom is 0.205 e. The number of aromatic nitrogens is 2. The zero-order valence-corrected chi connectivity index (χ0v) is 13.2. The smallest absolute Gasteiger partial charge is 0.205 e. The van der Waals surface area contributed by atoms with Gasteiger partial charge in [-0.1, -0.05) is 6.92 Å². The second kappa shape index (κ2) is 6.83. The van der Waals surface area contributed by atoms with Crippen LogP contribution >= 0.6 is 11.5 Å². The topological polar surface area (TPSA) is 44.3 Å². The van der Waals surface area contributed by atoms with Crippen molar-refractivity contribution in [2.24, 2.45) is 5.92 Å². The molecule has 20 heavy (non-hydrogen) atoms. The van der Waals surface area contributed by atoms with Crippen LogP contribution in [0.25, 0.3) is 0 Å². The standard InChI is InChI=1S/C14H25N5S/c1-2-13-16-14(20-17-13)19-9-7-18(8-10-19)11-12-3-5-15-6-4-12/h12,15H,2-11H2,1H3. The lowest BCUT2D eigenvalue weighted by Gasteiger charge is -2.37. The summed E-state index contributed by atoms with van der Waals surface area (Å²) in [4.78, 5) is 9.63. The SMILES string of the molecule is CCc1nsc(N2CCN(CC3CCNCC3)CC2)n1. The predicted molar refractivity (Wildman–Crippen MR) is 83.5 cm³/mol. The van der Waals surface area contributed by atoms with Crippen LogP contribution in [0.5, 0.6) is 0 Å². The third-order valence-electron chi connectivity index (χ3n) is 4.39. The molecule has 0 unspecified atom stereocenters. The molecule has 0 spiro atoms. The number of piperazine rings is 1. The second-order valence-electron chi connectivity index (χ2n) is 5.83. The van der Waals surface area contributed by atoms with Crippen LogP contribution in [0.3, 0.4) is 0 Å². The molecule has 0 radical (unpaired) electrons. The Morgan fingerprint density at radius 3 is 2.60 bits per heavy atom. The van der Waals surface area contributed by atoms with Crippen molar-refractivity contribution in [1.29, 1.82) is 0 Å². The lowest BCUT2D eigenvalue weighted by atomic mass is 9.97. The maximum atomic E-state index is 4.60. The highest BCUT2D eigenvalue weighted by atomic mass is 32.1. The molecular weight excluding hydrogens is 270 g/mol. The van der Waals surface area contributed by atoms with Gasteiger partial charge in [-0.25, -0.2) is 4.98 Å². The van der Waals surface area contributed by atoms with Gasteiger partial charge in [0.15, 0.2) is 0 Å². The van der Waals surface area contributed by atoms with Crippen molar-refractivity contribution in [3.8, 4) is 0 Å². The number of piperidine rings is 1. The fourth-order valence-electron chi connectivity index (χ4n) is 3.07. The van der Waals surface area contributed by atoms with E-state index in [2.05, 4.69) is 31.4 Å². The van der Waals surface area contributed by atoms with E-state index >= 15 is 0 Å². The fourth-order valence-corrected chi connectivity index (χ4v) is 3.87. The van der Waals surface area contributed by atoms with E-state index < -0.39 is 0 Å². The largest absolute Gasteiger partial charge is 0.344 e. The number of aryl methyl sites for hydroxylation is 1. The van der Waals surface area contributed by atoms with Crippen LogP contribution in [-0.4, -0.2) is 60.1 Å². The summed E-state index contributed by atoms with van der Waals surface area (Å²) in [7, 11) is 0. The van der Waals surface area contributed by atoms with Crippen molar-refractivity contribution < 1.29 is 0 Å². The molecule has 0 aliphatic carbocycles. The summed E-state index contributed by atoms with van der Waals surface area (Å²) in [5.41, 5.74) is 0. The highest BCUT2D eigenvalue weighted by molar-refractivity contribution is 7.09. The molecule has 0 aromatic carbocycles. The fraction of sp³-hybridized carbons (Fsp3) is 0.857. The summed E-state index contributed by atoms with van der Waals surface area (Å²) in [5, 5.41) is 4.56. The molecule has 0 bridgehead atoms. The minimum Gasteiger partial charge on any atom is -0.344 e. The molecule has 2 fully saturated rings. The van der Waals surface area contributed by atoms with E-state index in [1.54, 1.807) is 11.5 Å². The summed E-state index contributed by atoms with van der Waals surface area (Å²) < 4.78 is 4.39. The van der Waals surface area contributed by atoms with Crippen molar-refractivity contribution in [1.82, 2.24) is 19.6 Å². The summed E-state index contributed by atoms with van der Waals surface area (Å²) in [6.07, 6.45) is 3.62. The number of anilines is 1. The number of hydrogen-bond acceptors (Lipinski definition) is 6. The van der Waals surface area contributed by atoms with E-state index in [0.717, 1.165) is 36.4 Å². The van der Waals surface area contributed by atoms with Crippen molar-refractivity contribution in [3.05, 3.63) is 5.82 Å². The molecule has 6 heteroatoms. The van der Waals surface area contributed by atoms with Crippen LogP contribution in [-0.2, 0) is 6.42 Å². The van der Waals surface area contributed by atoms with Gasteiger partial charge in [0.25, 0.3) is 0 Å². The zero-order chi connectivity index (χ0) is 13.8. The molecule has 3 heterocycles. The molecule has 2 aliphatic rings. The maximum absolute atomic E-state index is 4.60. The summed E-state index contributed by atoms with van der Waals surface area (Å²) >= 11 is 1.56. The van der Waals surface area contributed by atoms with E-state index in [-0.39, 0.29) is 0 Å². The minimum atomic E-state index is 0.899. The Bertz CT molecular complexity index is 407.